The molecule has 0 bridgehead atoms. The van der Waals surface area contributed by atoms with E-state index in [0.29, 0.717) is 10.7 Å². The number of aromatic hydroxyl groups is 1. The first-order valence-corrected chi connectivity index (χ1v) is 8.86. The number of para-hydroxylation sites is 1. The zero-order valence-electron chi connectivity index (χ0n) is 12.6. The summed E-state index contributed by atoms with van der Waals surface area (Å²) >= 11 is 5.84. The lowest BCUT2D eigenvalue weighted by atomic mass is 10.3. The molecule has 6 nitrogen and oxygen atoms in total. The third kappa shape index (κ3) is 3.22. The Balaban J connectivity index is 1.99. The molecule has 0 aliphatic rings. The van der Waals surface area contributed by atoms with Crippen LogP contribution in [0.15, 0.2) is 59.6 Å². The lowest BCUT2D eigenvalue weighted by molar-refractivity contribution is 0.477. The fourth-order valence-corrected chi connectivity index (χ4v) is 3.61. The third-order valence-electron chi connectivity index (χ3n) is 3.37. The second-order valence-corrected chi connectivity index (χ2v) is 7.21. The van der Waals surface area contributed by atoms with Crippen molar-refractivity contribution < 1.29 is 13.5 Å². The van der Waals surface area contributed by atoms with Crippen LogP contribution in [0.5, 0.6) is 5.75 Å². The molecule has 1 aromatic heterocycles. The predicted octanol–water partition coefficient (Wildman–Crippen LogP) is 3.34. The van der Waals surface area contributed by atoms with Gasteiger partial charge in [0.2, 0.25) is 0 Å². The Morgan fingerprint density at radius 2 is 1.88 bits per heavy atom. The quantitative estimate of drug-likeness (QED) is 0.696. The minimum atomic E-state index is -3.92. The van der Waals surface area contributed by atoms with Crippen molar-refractivity contribution in [2.24, 2.45) is 0 Å². The van der Waals surface area contributed by atoms with Crippen LogP contribution in [-0.2, 0) is 10.0 Å². The highest BCUT2D eigenvalue weighted by Crippen LogP contribution is 2.29. The van der Waals surface area contributed by atoms with Crippen molar-refractivity contribution in [1.82, 2.24) is 9.78 Å². The molecule has 124 valence electrons. The lowest BCUT2D eigenvalue weighted by Gasteiger charge is -2.09. The van der Waals surface area contributed by atoms with E-state index in [4.69, 9.17) is 11.6 Å². The van der Waals surface area contributed by atoms with E-state index in [1.807, 2.05) is 30.3 Å². The maximum Gasteiger partial charge on any atom is 0.265 e. The molecule has 2 aromatic carbocycles. The van der Waals surface area contributed by atoms with Gasteiger partial charge in [-0.1, -0.05) is 29.8 Å². The molecular formula is C16H14ClN3O3S. The minimum Gasteiger partial charge on any atom is -0.506 e. The van der Waals surface area contributed by atoms with Crippen molar-refractivity contribution in [3.63, 3.8) is 0 Å². The molecular weight excluding hydrogens is 350 g/mol. The van der Waals surface area contributed by atoms with Gasteiger partial charge in [0.25, 0.3) is 10.0 Å². The number of benzene rings is 2. The molecule has 0 unspecified atom stereocenters. The lowest BCUT2D eigenvalue weighted by Crippen LogP contribution is -2.13. The van der Waals surface area contributed by atoms with Gasteiger partial charge in [0.15, 0.2) is 0 Å². The molecule has 1 heterocycles. The van der Waals surface area contributed by atoms with E-state index in [-0.39, 0.29) is 16.3 Å². The number of hydrogen-bond donors (Lipinski definition) is 2. The normalized spacial score (nSPS) is 11.4. The molecule has 24 heavy (non-hydrogen) atoms. The Kier molecular flexibility index (Phi) is 4.21. The summed E-state index contributed by atoms with van der Waals surface area (Å²) < 4.78 is 29.0. The number of phenolic OH excluding ortho intramolecular Hbond substituents is 1. The summed E-state index contributed by atoms with van der Waals surface area (Å²) in [5, 5.41) is 14.3. The average molecular weight is 364 g/mol. The number of rotatable bonds is 4. The first kappa shape index (κ1) is 16.4. The SMILES string of the molecule is Cc1nn(-c2ccccc2)cc1S(=O)(=O)Nc1cc(Cl)ccc1O. The maximum atomic E-state index is 12.6. The van der Waals surface area contributed by atoms with Crippen molar-refractivity contribution in [1.29, 1.82) is 0 Å². The number of halogens is 1. The van der Waals surface area contributed by atoms with Crippen LogP contribution in [0.4, 0.5) is 5.69 Å². The Hall–Kier alpha value is -2.51. The van der Waals surface area contributed by atoms with Gasteiger partial charge in [-0.05, 0) is 37.3 Å². The summed E-state index contributed by atoms with van der Waals surface area (Å²) in [6.45, 7) is 1.60. The van der Waals surface area contributed by atoms with Gasteiger partial charge < -0.3 is 5.11 Å². The van der Waals surface area contributed by atoms with E-state index < -0.39 is 10.0 Å². The summed E-state index contributed by atoms with van der Waals surface area (Å²) in [5.41, 5.74) is 1.09. The van der Waals surface area contributed by atoms with E-state index in [9.17, 15) is 13.5 Å². The highest BCUT2D eigenvalue weighted by molar-refractivity contribution is 7.92. The second kappa shape index (κ2) is 6.18. The number of aryl methyl sites for hydroxylation is 1. The molecule has 0 saturated heterocycles. The van der Waals surface area contributed by atoms with Crippen LogP contribution in [0, 0.1) is 6.92 Å². The predicted molar refractivity (Wildman–Crippen MR) is 92.2 cm³/mol. The van der Waals surface area contributed by atoms with Gasteiger partial charge in [-0.25, -0.2) is 13.1 Å². The standard InChI is InChI=1S/C16H14ClN3O3S/c1-11-16(10-20(18-11)13-5-3-2-4-6-13)24(22,23)19-14-9-12(17)7-8-15(14)21/h2-10,19,21H,1H3. The Labute approximate surface area is 144 Å². The minimum absolute atomic E-state index is 0.00867. The summed E-state index contributed by atoms with van der Waals surface area (Å²) in [7, 11) is -3.92. The maximum absolute atomic E-state index is 12.6. The summed E-state index contributed by atoms with van der Waals surface area (Å²) in [4.78, 5) is 0.0192. The topological polar surface area (TPSA) is 84.2 Å². The first-order valence-electron chi connectivity index (χ1n) is 7.00. The molecule has 3 rings (SSSR count). The Bertz CT molecular complexity index is 985. The second-order valence-electron chi connectivity index (χ2n) is 5.13. The number of nitrogens with zero attached hydrogens (tertiary/aromatic N) is 2. The van der Waals surface area contributed by atoms with Gasteiger partial charge in [-0.2, -0.15) is 5.10 Å². The van der Waals surface area contributed by atoms with Crippen LogP contribution in [0.25, 0.3) is 5.69 Å². The number of aromatic nitrogens is 2. The number of nitrogens with one attached hydrogen (secondary N) is 1. The highest BCUT2D eigenvalue weighted by Gasteiger charge is 2.22. The number of hydrogen-bond acceptors (Lipinski definition) is 4. The van der Waals surface area contributed by atoms with Gasteiger partial charge in [0.05, 0.1) is 23.3 Å². The van der Waals surface area contributed by atoms with Crippen LogP contribution in [-0.4, -0.2) is 23.3 Å². The third-order valence-corrected chi connectivity index (χ3v) is 5.07. The molecule has 2 N–H and O–H groups in total. The number of anilines is 1. The zero-order chi connectivity index (χ0) is 17.3. The molecule has 0 atom stereocenters. The van der Waals surface area contributed by atoms with E-state index in [1.165, 1.54) is 29.1 Å². The fourth-order valence-electron chi connectivity index (χ4n) is 2.21. The van der Waals surface area contributed by atoms with Crippen molar-refractivity contribution in [3.8, 4) is 11.4 Å². The van der Waals surface area contributed by atoms with Crippen LogP contribution >= 0.6 is 11.6 Å². The van der Waals surface area contributed by atoms with Crippen LogP contribution in [0.1, 0.15) is 5.69 Å². The van der Waals surface area contributed by atoms with E-state index in [2.05, 4.69) is 9.82 Å². The van der Waals surface area contributed by atoms with E-state index in [1.54, 1.807) is 6.92 Å². The molecule has 3 aromatic rings. The highest BCUT2D eigenvalue weighted by atomic mass is 35.5. The summed E-state index contributed by atoms with van der Waals surface area (Å²) in [5.74, 6) is -0.212. The average Bonchev–Trinajstić information content (AvgIpc) is 2.94. The molecule has 0 aliphatic carbocycles. The van der Waals surface area contributed by atoms with Crippen molar-refractivity contribution in [2.45, 2.75) is 11.8 Å². The van der Waals surface area contributed by atoms with Crippen molar-refractivity contribution in [3.05, 3.63) is 65.4 Å². The van der Waals surface area contributed by atoms with Crippen LogP contribution in [0.2, 0.25) is 5.02 Å². The van der Waals surface area contributed by atoms with Crippen molar-refractivity contribution >= 4 is 27.3 Å². The van der Waals surface area contributed by atoms with Crippen LogP contribution in [0.3, 0.4) is 0 Å². The van der Waals surface area contributed by atoms with Gasteiger partial charge >= 0.3 is 0 Å². The van der Waals surface area contributed by atoms with Gasteiger partial charge in [0, 0.05) is 5.02 Å². The van der Waals surface area contributed by atoms with Crippen molar-refractivity contribution in [2.75, 3.05) is 4.72 Å². The Morgan fingerprint density at radius 3 is 2.58 bits per heavy atom. The first-order chi connectivity index (χ1) is 11.4. The smallest absolute Gasteiger partial charge is 0.265 e. The van der Waals surface area contributed by atoms with Gasteiger partial charge in [-0.15, -0.1) is 0 Å². The molecule has 0 amide bonds. The number of sulfonamides is 1. The van der Waals surface area contributed by atoms with Gasteiger partial charge in [-0.3, -0.25) is 4.72 Å². The fraction of sp³-hybridized carbons (Fsp3) is 0.0625. The van der Waals surface area contributed by atoms with Gasteiger partial charge in [0.1, 0.15) is 10.6 Å². The molecule has 0 fully saturated rings. The molecule has 0 saturated carbocycles. The molecule has 0 spiro atoms. The van der Waals surface area contributed by atoms with E-state index >= 15 is 0 Å². The monoisotopic (exact) mass is 363 g/mol. The summed E-state index contributed by atoms with van der Waals surface area (Å²) in [6.07, 6.45) is 1.43. The largest absolute Gasteiger partial charge is 0.506 e. The Morgan fingerprint density at radius 1 is 1.17 bits per heavy atom. The van der Waals surface area contributed by atoms with Crippen LogP contribution < -0.4 is 4.72 Å². The number of phenols is 1. The molecule has 8 heteroatoms. The summed E-state index contributed by atoms with van der Waals surface area (Å²) in [6, 6.07) is 13.3. The zero-order valence-corrected chi connectivity index (χ0v) is 14.2. The molecule has 0 radical (unpaired) electrons. The molecule has 0 aliphatic heterocycles. The van der Waals surface area contributed by atoms with E-state index in [0.717, 1.165) is 5.69 Å².